The summed E-state index contributed by atoms with van der Waals surface area (Å²) in [6.45, 7) is 3.72. The molecule has 20 heavy (non-hydrogen) atoms. The molecule has 2 fully saturated rings. The molecule has 0 atom stereocenters. The van der Waals surface area contributed by atoms with Gasteiger partial charge in [0.1, 0.15) is 0 Å². The first-order chi connectivity index (χ1) is 9.76. The maximum Gasteiger partial charge on any atom is 0.0501 e. The third-order valence-corrected chi connectivity index (χ3v) is 5.36. The molecule has 1 aromatic rings. The molecule has 0 radical (unpaired) electrons. The van der Waals surface area contributed by atoms with Gasteiger partial charge in [0.2, 0.25) is 0 Å². The second-order valence-corrected chi connectivity index (χ2v) is 6.74. The number of anilines is 1. The van der Waals surface area contributed by atoms with E-state index in [0.717, 1.165) is 24.3 Å². The number of rotatable bonds is 3. The molecule has 1 saturated heterocycles. The van der Waals surface area contributed by atoms with E-state index < -0.39 is 0 Å². The van der Waals surface area contributed by atoms with Crippen LogP contribution in [0.4, 0.5) is 5.69 Å². The van der Waals surface area contributed by atoms with Crippen LogP contribution in [-0.2, 0) is 6.42 Å². The van der Waals surface area contributed by atoms with E-state index in [1.807, 2.05) is 6.07 Å². The van der Waals surface area contributed by atoms with Crippen LogP contribution in [0.2, 0.25) is 0 Å². The zero-order valence-electron chi connectivity index (χ0n) is 12.5. The molecule has 0 unspecified atom stereocenters. The highest BCUT2D eigenvalue weighted by Gasteiger charge is 2.35. The summed E-state index contributed by atoms with van der Waals surface area (Å²) >= 11 is 0. The van der Waals surface area contributed by atoms with E-state index in [2.05, 4.69) is 16.0 Å². The minimum atomic E-state index is 0.716. The van der Waals surface area contributed by atoms with Gasteiger partial charge in [-0.25, -0.2) is 0 Å². The van der Waals surface area contributed by atoms with Gasteiger partial charge in [-0.15, -0.1) is 0 Å². The topological polar surface area (TPSA) is 42.1 Å². The molecule has 0 amide bonds. The van der Waals surface area contributed by atoms with Gasteiger partial charge in [-0.05, 0) is 56.3 Å². The fourth-order valence-electron chi connectivity index (χ4n) is 3.91. The lowest BCUT2D eigenvalue weighted by molar-refractivity contribution is 0.0683. The average Bonchev–Trinajstić information content (AvgIpc) is 2.49. The van der Waals surface area contributed by atoms with Crippen LogP contribution >= 0.6 is 0 Å². The maximum absolute atomic E-state index is 5.67. The fourth-order valence-corrected chi connectivity index (χ4v) is 3.91. The van der Waals surface area contributed by atoms with E-state index >= 15 is 0 Å². The van der Waals surface area contributed by atoms with Crippen molar-refractivity contribution in [2.45, 2.75) is 51.4 Å². The van der Waals surface area contributed by atoms with Crippen LogP contribution in [0.25, 0.3) is 0 Å². The number of likely N-dealkylation sites (tertiary alicyclic amines) is 1. The van der Waals surface area contributed by atoms with Crippen molar-refractivity contribution in [2.75, 3.05) is 25.4 Å². The van der Waals surface area contributed by atoms with Gasteiger partial charge in [0.15, 0.2) is 0 Å². The van der Waals surface area contributed by atoms with Crippen molar-refractivity contribution in [1.82, 2.24) is 9.88 Å². The minimum Gasteiger partial charge on any atom is -0.397 e. The lowest BCUT2D eigenvalue weighted by atomic mass is 9.68. The molecular formula is C17H27N3. The van der Waals surface area contributed by atoms with Crippen LogP contribution in [0.15, 0.2) is 18.3 Å². The van der Waals surface area contributed by atoms with Crippen LogP contribution in [0.5, 0.6) is 0 Å². The maximum atomic E-state index is 5.67. The van der Waals surface area contributed by atoms with Gasteiger partial charge in [-0.2, -0.15) is 0 Å². The molecule has 110 valence electrons. The average molecular weight is 273 g/mol. The smallest absolute Gasteiger partial charge is 0.0501 e. The number of aromatic nitrogens is 1. The zero-order valence-corrected chi connectivity index (χ0v) is 12.5. The summed E-state index contributed by atoms with van der Waals surface area (Å²) in [7, 11) is 0. The van der Waals surface area contributed by atoms with Gasteiger partial charge < -0.3 is 10.6 Å². The van der Waals surface area contributed by atoms with E-state index in [0.29, 0.717) is 5.41 Å². The molecule has 2 heterocycles. The van der Waals surface area contributed by atoms with Crippen LogP contribution in [0.3, 0.4) is 0 Å². The molecule has 1 aliphatic carbocycles. The van der Waals surface area contributed by atoms with Crippen molar-refractivity contribution >= 4 is 5.69 Å². The Bertz CT molecular complexity index is 410. The Morgan fingerprint density at radius 3 is 2.45 bits per heavy atom. The standard InChI is InChI=1S/C17H27N3/c18-15-4-5-16(19-14-15)6-11-20-12-9-17(10-13-20)7-2-1-3-8-17/h4-5,14H,1-3,6-13,18H2. The normalized spacial score (nSPS) is 23.0. The number of piperidine rings is 1. The number of nitrogens with zero attached hydrogens (tertiary/aromatic N) is 2. The Morgan fingerprint density at radius 1 is 1.05 bits per heavy atom. The van der Waals surface area contributed by atoms with Gasteiger partial charge in [0.05, 0.1) is 11.9 Å². The Kier molecular flexibility index (Phi) is 4.25. The first-order valence-corrected chi connectivity index (χ1v) is 8.19. The van der Waals surface area contributed by atoms with Gasteiger partial charge in [-0.1, -0.05) is 19.3 Å². The van der Waals surface area contributed by atoms with Crippen molar-refractivity contribution in [3.63, 3.8) is 0 Å². The van der Waals surface area contributed by atoms with Crippen LogP contribution in [-0.4, -0.2) is 29.5 Å². The second-order valence-electron chi connectivity index (χ2n) is 6.74. The quantitative estimate of drug-likeness (QED) is 0.919. The molecule has 1 aromatic heterocycles. The van der Waals surface area contributed by atoms with E-state index in [9.17, 15) is 0 Å². The van der Waals surface area contributed by atoms with Crippen LogP contribution < -0.4 is 5.73 Å². The van der Waals surface area contributed by atoms with Crippen LogP contribution in [0.1, 0.15) is 50.6 Å². The first-order valence-electron chi connectivity index (χ1n) is 8.19. The number of hydrogen-bond acceptors (Lipinski definition) is 3. The fraction of sp³-hybridized carbons (Fsp3) is 0.706. The summed E-state index contributed by atoms with van der Waals surface area (Å²) < 4.78 is 0. The van der Waals surface area contributed by atoms with Crippen molar-refractivity contribution in [3.05, 3.63) is 24.0 Å². The van der Waals surface area contributed by atoms with Gasteiger partial charge in [0.25, 0.3) is 0 Å². The van der Waals surface area contributed by atoms with Crippen molar-refractivity contribution < 1.29 is 0 Å². The Hall–Kier alpha value is -1.09. The predicted octanol–water partition coefficient (Wildman–Crippen LogP) is 3.25. The van der Waals surface area contributed by atoms with Gasteiger partial charge in [-0.3, -0.25) is 4.98 Å². The molecular weight excluding hydrogens is 246 g/mol. The molecule has 0 aromatic carbocycles. The molecule has 1 saturated carbocycles. The number of nitrogens with two attached hydrogens (primary N) is 1. The van der Waals surface area contributed by atoms with E-state index in [-0.39, 0.29) is 0 Å². The van der Waals surface area contributed by atoms with Crippen molar-refractivity contribution in [1.29, 1.82) is 0 Å². The molecule has 0 bridgehead atoms. The molecule has 3 rings (SSSR count). The summed E-state index contributed by atoms with van der Waals surface area (Å²) in [5.41, 5.74) is 8.31. The van der Waals surface area contributed by atoms with Crippen LogP contribution in [0, 0.1) is 5.41 Å². The Balaban J connectivity index is 1.45. The molecule has 3 heteroatoms. The highest BCUT2D eigenvalue weighted by Crippen LogP contribution is 2.44. The predicted molar refractivity (Wildman–Crippen MR) is 83.5 cm³/mol. The molecule has 1 spiro atoms. The molecule has 2 N–H and O–H groups in total. The highest BCUT2D eigenvalue weighted by atomic mass is 15.1. The van der Waals surface area contributed by atoms with Crippen molar-refractivity contribution in [2.24, 2.45) is 5.41 Å². The van der Waals surface area contributed by atoms with E-state index in [1.165, 1.54) is 58.0 Å². The van der Waals surface area contributed by atoms with Gasteiger partial charge in [0, 0.05) is 18.7 Å². The van der Waals surface area contributed by atoms with E-state index in [1.54, 1.807) is 6.20 Å². The molecule has 1 aliphatic heterocycles. The Labute approximate surface area is 122 Å². The molecule has 3 nitrogen and oxygen atoms in total. The number of pyridine rings is 1. The SMILES string of the molecule is Nc1ccc(CCN2CCC3(CCCCC3)CC2)nc1. The minimum absolute atomic E-state index is 0.716. The summed E-state index contributed by atoms with van der Waals surface area (Å²) in [4.78, 5) is 7.02. The summed E-state index contributed by atoms with van der Waals surface area (Å²) in [5, 5.41) is 0. The third-order valence-electron chi connectivity index (χ3n) is 5.36. The first kappa shape index (κ1) is 13.9. The number of nitrogen functional groups attached to an aromatic ring is 1. The summed E-state index contributed by atoms with van der Waals surface area (Å²) in [6.07, 6.45) is 13.0. The number of hydrogen-bond donors (Lipinski definition) is 1. The lowest BCUT2D eigenvalue weighted by Crippen LogP contribution is -2.41. The largest absolute Gasteiger partial charge is 0.397 e. The van der Waals surface area contributed by atoms with E-state index in [4.69, 9.17) is 5.73 Å². The summed E-state index contributed by atoms with van der Waals surface area (Å²) in [6, 6.07) is 4.01. The Morgan fingerprint density at radius 2 is 1.80 bits per heavy atom. The lowest BCUT2D eigenvalue weighted by Gasteiger charge is -2.44. The summed E-state index contributed by atoms with van der Waals surface area (Å²) in [5.74, 6) is 0. The zero-order chi connectivity index (χ0) is 13.8. The monoisotopic (exact) mass is 273 g/mol. The van der Waals surface area contributed by atoms with Gasteiger partial charge >= 0.3 is 0 Å². The third kappa shape index (κ3) is 3.32. The van der Waals surface area contributed by atoms with Crippen molar-refractivity contribution in [3.8, 4) is 0 Å². The second kappa shape index (κ2) is 6.13. The molecule has 2 aliphatic rings. The highest BCUT2D eigenvalue weighted by molar-refractivity contribution is 5.34.